The Morgan fingerprint density at radius 3 is 1.78 bits per heavy atom. The molecular weight excluding hydrogens is 496 g/mol. The van der Waals surface area contributed by atoms with E-state index in [9.17, 15) is 10.1 Å². The van der Waals surface area contributed by atoms with Gasteiger partial charge in [-0.25, -0.2) is 4.98 Å². The summed E-state index contributed by atoms with van der Waals surface area (Å²) in [5, 5.41) is 20.2. The third-order valence-electron chi connectivity index (χ3n) is 5.50. The van der Waals surface area contributed by atoms with Crippen molar-refractivity contribution in [3.63, 3.8) is 0 Å². The van der Waals surface area contributed by atoms with Gasteiger partial charge >= 0.3 is 0 Å². The highest BCUT2D eigenvalue weighted by Gasteiger charge is 2.18. The number of benzene rings is 3. The van der Waals surface area contributed by atoms with Crippen LogP contribution in [0.15, 0.2) is 65.8 Å². The molecule has 190 valence electrons. The lowest BCUT2D eigenvalue weighted by molar-refractivity contribution is -0.384. The minimum absolute atomic E-state index is 0.0432. The summed E-state index contributed by atoms with van der Waals surface area (Å²) in [7, 11) is 6.29. The fourth-order valence-corrected chi connectivity index (χ4v) is 4.34. The second-order valence-corrected chi connectivity index (χ2v) is 8.59. The molecule has 4 rings (SSSR count). The Labute approximate surface area is 217 Å². The van der Waals surface area contributed by atoms with E-state index in [1.807, 2.05) is 24.3 Å². The maximum atomic E-state index is 10.9. The van der Waals surface area contributed by atoms with Gasteiger partial charge in [-0.05, 0) is 42.0 Å². The fourth-order valence-electron chi connectivity index (χ4n) is 3.60. The SMILES string of the molecule is COc1ccc(-c2nnc(SCc3ccc([N+](=O)[O-])cc3)nc2-c2ccc(OC)c(OC)c2)cc1OC. The molecular formula is C26H24N4O6S. The summed E-state index contributed by atoms with van der Waals surface area (Å²) < 4.78 is 21.7. The number of hydrogen-bond acceptors (Lipinski definition) is 10. The standard InChI is InChI=1S/C26H24N4O6S/c1-33-20-11-7-17(13-22(20)35-3)24-25(18-8-12-21(34-2)23(14-18)36-4)28-29-26(27-24)37-15-16-5-9-19(10-6-16)30(31)32/h5-14H,15H2,1-4H3. The van der Waals surface area contributed by atoms with Gasteiger partial charge in [0.2, 0.25) is 5.16 Å². The van der Waals surface area contributed by atoms with Gasteiger partial charge < -0.3 is 18.9 Å². The summed E-state index contributed by atoms with van der Waals surface area (Å²) >= 11 is 1.38. The fraction of sp³-hybridized carbons (Fsp3) is 0.192. The highest BCUT2D eigenvalue weighted by atomic mass is 32.2. The third-order valence-corrected chi connectivity index (χ3v) is 6.41. The predicted octanol–water partition coefficient (Wildman–Crippen LogP) is 5.44. The van der Waals surface area contributed by atoms with Crippen LogP contribution in [0.2, 0.25) is 0 Å². The Bertz CT molecular complexity index is 1420. The van der Waals surface area contributed by atoms with Crippen LogP contribution in [-0.4, -0.2) is 48.5 Å². The molecule has 1 aromatic heterocycles. The molecule has 1 heterocycles. The molecule has 0 saturated carbocycles. The average Bonchev–Trinajstić information content (AvgIpc) is 2.95. The van der Waals surface area contributed by atoms with E-state index in [1.54, 1.807) is 52.7 Å². The summed E-state index contributed by atoms with van der Waals surface area (Å²) in [6, 6.07) is 17.4. The highest BCUT2D eigenvalue weighted by molar-refractivity contribution is 7.98. The Morgan fingerprint density at radius 2 is 1.27 bits per heavy atom. The third kappa shape index (κ3) is 5.72. The Kier molecular flexibility index (Phi) is 8.04. The van der Waals surface area contributed by atoms with Crippen molar-refractivity contribution in [2.45, 2.75) is 10.9 Å². The van der Waals surface area contributed by atoms with E-state index in [0.717, 1.165) is 16.7 Å². The molecule has 37 heavy (non-hydrogen) atoms. The molecule has 0 radical (unpaired) electrons. The van der Waals surface area contributed by atoms with Crippen molar-refractivity contribution >= 4 is 17.4 Å². The molecule has 0 bridgehead atoms. The monoisotopic (exact) mass is 520 g/mol. The summed E-state index contributed by atoms with van der Waals surface area (Å²) in [6.45, 7) is 0. The first kappa shape index (κ1) is 25.7. The zero-order valence-corrected chi connectivity index (χ0v) is 21.4. The van der Waals surface area contributed by atoms with Crippen molar-refractivity contribution in [1.82, 2.24) is 15.2 Å². The number of rotatable bonds is 10. The van der Waals surface area contributed by atoms with Crippen molar-refractivity contribution in [2.24, 2.45) is 0 Å². The lowest BCUT2D eigenvalue weighted by Gasteiger charge is -2.14. The molecule has 0 aliphatic carbocycles. The largest absolute Gasteiger partial charge is 0.493 e. The minimum Gasteiger partial charge on any atom is -0.493 e. The number of ether oxygens (including phenoxy) is 4. The predicted molar refractivity (Wildman–Crippen MR) is 140 cm³/mol. The number of nitro groups is 1. The van der Waals surface area contributed by atoms with Crippen molar-refractivity contribution in [2.75, 3.05) is 28.4 Å². The van der Waals surface area contributed by atoms with E-state index in [4.69, 9.17) is 23.9 Å². The number of nitro benzene ring substituents is 1. The van der Waals surface area contributed by atoms with E-state index < -0.39 is 4.92 Å². The van der Waals surface area contributed by atoms with Gasteiger partial charge in [-0.15, -0.1) is 10.2 Å². The topological polar surface area (TPSA) is 119 Å². The molecule has 0 unspecified atom stereocenters. The van der Waals surface area contributed by atoms with Crippen LogP contribution in [0.4, 0.5) is 5.69 Å². The molecule has 0 aliphatic heterocycles. The normalized spacial score (nSPS) is 10.6. The maximum Gasteiger partial charge on any atom is 0.269 e. The van der Waals surface area contributed by atoms with Gasteiger partial charge in [0.25, 0.3) is 5.69 Å². The number of nitrogens with zero attached hydrogens (tertiary/aromatic N) is 4. The Morgan fingerprint density at radius 1 is 0.730 bits per heavy atom. The van der Waals surface area contributed by atoms with Gasteiger partial charge in [-0.1, -0.05) is 23.9 Å². The molecule has 3 aromatic carbocycles. The first-order valence-electron chi connectivity index (χ1n) is 11.0. The lowest BCUT2D eigenvalue weighted by Crippen LogP contribution is -2.01. The van der Waals surface area contributed by atoms with Crippen LogP contribution in [0, 0.1) is 10.1 Å². The second kappa shape index (κ2) is 11.6. The van der Waals surface area contributed by atoms with Crippen LogP contribution in [-0.2, 0) is 5.75 Å². The zero-order valence-electron chi connectivity index (χ0n) is 20.6. The van der Waals surface area contributed by atoms with Gasteiger partial charge in [0.05, 0.1) is 33.4 Å². The van der Waals surface area contributed by atoms with E-state index in [1.165, 1.54) is 23.9 Å². The molecule has 0 fully saturated rings. The highest BCUT2D eigenvalue weighted by Crippen LogP contribution is 2.38. The minimum atomic E-state index is -0.424. The van der Waals surface area contributed by atoms with Gasteiger partial charge in [0.1, 0.15) is 11.4 Å². The molecule has 4 aromatic rings. The lowest BCUT2D eigenvalue weighted by atomic mass is 10.0. The van der Waals surface area contributed by atoms with Crippen molar-refractivity contribution in [3.8, 4) is 45.5 Å². The van der Waals surface area contributed by atoms with Crippen LogP contribution < -0.4 is 18.9 Å². The van der Waals surface area contributed by atoms with E-state index in [0.29, 0.717) is 45.3 Å². The number of aromatic nitrogens is 3. The molecule has 11 heteroatoms. The summed E-state index contributed by atoms with van der Waals surface area (Å²) in [6.07, 6.45) is 0. The van der Waals surface area contributed by atoms with Gasteiger partial charge in [-0.2, -0.15) is 0 Å². The Hall–Kier alpha value is -4.38. The first-order valence-corrected chi connectivity index (χ1v) is 12.0. The van der Waals surface area contributed by atoms with Crippen LogP contribution in [0.1, 0.15) is 5.56 Å². The first-order chi connectivity index (χ1) is 18.0. The van der Waals surface area contributed by atoms with Crippen LogP contribution >= 0.6 is 11.8 Å². The van der Waals surface area contributed by atoms with E-state index in [2.05, 4.69) is 10.2 Å². The van der Waals surface area contributed by atoms with E-state index >= 15 is 0 Å². The van der Waals surface area contributed by atoms with Crippen LogP contribution in [0.25, 0.3) is 22.5 Å². The van der Waals surface area contributed by atoms with E-state index in [-0.39, 0.29) is 5.69 Å². The summed E-state index contributed by atoms with van der Waals surface area (Å²) in [5.74, 6) is 2.80. The molecule has 0 amide bonds. The number of thioether (sulfide) groups is 1. The number of non-ortho nitro benzene ring substituents is 1. The molecule has 0 N–H and O–H groups in total. The van der Waals surface area contributed by atoms with Crippen molar-refractivity contribution in [1.29, 1.82) is 0 Å². The second-order valence-electron chi connectivity index (χ2n) is 7.64. The Balaban J connectivity index is 1.74. The smallest absolute Gasteiger partial charge is 0.269 e. The van der Waals surface area contributed by atoms with Crippen LogP contribution in [0.5, 0.6) is 23.0 Å². The molecule has 0 atom stereocenters. The molecule has 0 spiro atoms. The molecule has 0 saturated heterocycles. The van der Waals surface area contributed by atoms with Crippen molar-refractivity contribution < 1.29 is 23.9 Å². The molecule has 0 aliphatic rings. The van der Waals surface area contributed by atoms with Gasteiger partial charge in [0, 0.05) is 29.0 Å². The molecule has 10 nitrogen and oxygen atoms in total. The van der Waals surface area contributed by atoms with Gasteiger partial charge in [0.15, 0.2) is 23.0 Å². The zero-order chi connectivity index (χ0) is 26.4. The average molecular weight is 521 g/mol. The summed E-state index contributed by atoms with van der Waals surface area (Å²) in [4.78, 5) is 15.3. The number of hydrogen-bond donors (Lipinski definition) is 0. The summed E-state index contributed by atoms with van der Waals surface area (Å²) in [5.41, 5.74) is 3.59. The van der Waals surface area contributed by atoms with Gasteiger partial charge in [-0.3, -0.25) is 10.1 Å². The quantitative estimate of drug-likeness (QED) is 0.152. The maximum absolute atomic E-state index is 10.9. The van der Waals surface area contributed by atoms with Crippen LogP contribution in [0.3, 0.4) is 0 Å². The van der Waals surface area contributed by atoms with Crippen molar-refractivity contribution in [3.05, 3.63) is 76.3 Å². The number of methoxy groups -OCH3 is 4.